The summed E-state index contributed by atoms with van der Waals surface area (Å²) in [7, 11) is 0. The first-order chi connectivity index (χ1) is 6.33. The van der Waals surface area contributed by atoms with Crippen LogP contribution in [0.15, 0.2) is 36.4 Å². The van der Waals surface area contributed by atoms with Gasteiger partial charge >= 0.3 is 0 Å². The highest BCUT2D eigenvalue weighted by molar-refractivity contribution is 6.18. The molecule has 0 atom stereocenters. The van der Waals surface area contributed by atoms with Gasteiger partial charge < -0.3 is 0 Å². The maximum atomic E-state index is 13.4. The van der Waals surface area contributed by atoms with E-state index in [-0.39, 0.29) is 5.82 Å². The van der Waals surface area contributed by atoms with Gasteiger partial charge in [-0.3, -0.25) is 0 Å². The Morgan fingerprint density at radius 2 is 1.77 bits per heavy atom. The lowest BCUT2D eigenvalue weighted by atomic mass is 10.1. The van der Waals surface area contributed by atoms with Crippen LogP contribution in [-0.2, 0) is 5.88 Å². The van der Waals surface area contributed by atoms with E-state index in [1.807, 2.05) is 24.3 Å². The van der Waals surface area contributed by atoms with Gasteiger partial charge in [-0.05, 0) is 17.0 Å². The van der Waals surface area contributed by atoms with Gasteiger partial charge in [0.05, 0.1) is 0 Å². The Bertz CT molecular complexity index is 432. The summed E-state index contributed by atoms with van der Waals surface area (Å²) in [6.45, 7) is 0. The van der Waals surface area contributed by atoms with E-state index in [0.717, 1.165) is 10.9 Å². The van der Waals surface area contributed by atoms with Crippen molar-refractivity contribution in [1.82, 2.24) is 0 Å². The molecule has 0 aromatic heterocycles. The summed E-state index contributed by atoms with van der Waals surface area (Å²) in [5.74, 6) is 0.145. The molecule has 0 saturated heterocycles. The number of hydrogen-bond donors (Lipinski definition) is 0. The lowest BCUT2D eigenvalue weighted by Crippen LogP contribution is -1.85. The molecule has 0 fully saturated rings. The number of benzene rings is 2. The van der Waals surface area contributed by atoms with Crippen LogP contribution in [0, 0.1) is 5.82 Å². The average molecular weight is 195 g/mol. The molecule has 2 rings (SSSR count). The Morgan fingerprint density at radius 3 is 2.46 bits per heavy atom. The third kappa shape index (κ3) is 1.40. The van der Waals surface area contributed by atoms with E-state index in [0.29, 0.717) is 11.3 Å². The molecular weight excluding hydrogens is 187 g/mol. The highest BCUT2D eigenvalue weighted by Gasteiger charge is 2.03. The summed E-state index contributed by atoms with van der Waals surface area (Å²) < 4.78 is 13.4. The van der Waals surface area contributed by atoms with Crippen molar-refractivity contribution in [2.45, 2.75) is 5.88 Å². The highest BCUT2D eigenvalue weighted by atomic mass is 35.5. The van der Waals surface area contributed by atoms with Gasteiger partial charge in [0, 0.05) is 11.3 Å². The van der Waals surface area contributed by atoms with Gasteiger partial charge in [0.15, 0.2) is 0 Å². The lowest BCUT2D eigenvalue weighted by molar-refractivity contribution is 0.639. The predicted octanol–water partition coefficient (Wildman–Crippen LogP) is 3.72. The third-order valence-corrected chi connectivity index (χ3v) is 2.37. The average Bonchev–Trinajstić information content (AvgIpc) is 2.17. The summed E-state index contributed by atoms with van der Waals surface area (Å²) in [5.41, 5.74) is 0.845. The molecule has 0 aliphatic carbocycles. The van der Waals surface area contributed by atoms with Gasteiger partial charge in [-0.15, -0.1) is 11.6 Å². The fourth-order valence-electron chi connectivity index (χ4n) is 1.48. The molecular formula is C11H8ClF. The van der Waals surface area contributed by atoms with Crippen molar-refractivity contribution >= 4 is 22.4 Å². The van der Waals surface area contributed by atoms with Crippen molar-refractivity contribution in [2.75, 3.05) is 0 Å². The Balaban J connectivity index is 2.87. The first-order valence-corrected chi connectivity index (χ1v) is 4.58. The summed E-state index contributed by atoms with van der Waals surface area (Å²) >= 11 is 5.71. The van der Waals surface area contributed by atoms with Crippen molar-refractivity contribution < 1.29 is 4.39 Å². The standard InChI is InChI=1S/C11H8ClF/c12-7-9-5-1-3-8-4-2-6-10(13)11(8)9/h1-6H,7H2. The van der Waals surface area contributed by atoms with E-state index < -0.39 is 0 Å². The maximum absolute atomic E-state index is 13.4. The summed E-state index contributed by atoms with van der Waals surface area (Å²) in [6, 6.07) is 10.7. The van der Waals surface area contributed by atoms with Crippen LogP contribution >= 0.6 is 11.6 Å². The molecule has 0 aliphatic heterocycles. The third-order valence-electron chi connectivity index (χ3n) is 2.08. The van der Waals surface area contributed by atoms with Gasteiger partial charge in [0.25, 0.3) is 0 Å². The number of fused-ring (bicyclic) bond motifs is 1. The quantitative estimate of drug-likeness (QED) is 0.607. The largest absolute Gasteiger partial charge is 0.206 e. The normalized spacial score (nSPS) is 10.6. The molecule has 0 heterocycles. The Hall–Kier alpha value is -1.08. The van der Waals surface area contributed by atoms with E-state index in [4.69, 9.17) is 11.6 Å². The second-order valence-electron chi connectivity index (χ2n) is 2.89. The molecule has 0 spiro atoms. The molecule has 0 bridgehead atoms. The maximum Gasteiger partial charge on any atom is 0.131 e. The zero-order valence-corrected chi connectivity index (χ0v) is 7.68. The van der Waals surface area contributed by atoms with Crippen LogP contribution in [0.25, 0.3) is 10.8 Å². The molecule has 0 saturated carbocycles. The smallest absolute Gasteiger partial charge is 0.131 e. The van der Waals surface area contributed by atoms with Crippen molar-refractivity contribution in [1.29, 1.82) is 0 Å². The molecule has 2 aromatic rings. The Labute approximate surface area is 80.9 Å². The van der Waals surface area contributed by atoms with Gasteiger partial charge in [-0.25, -0.2) is 4.39 Å². The van der Waals surface area contributed by atoms with E-state index in [1.165, 1.54) is 6.07 Å². The molecule has 2 aromatic carbocycles. The SMILES string of the molecule is Fc1cccc2cccc(CCl)c12. The Kier molecular flexibility index (Phi) is 2.19. The van der Waals surface area contributed by atoms with Crippen LogP contribution in [0.4, 0.5) is 4.39 Å². The van der Waals surface area contributed by atoms with Crippen LogP contribution in [0.5, 0.6) is 0 Å². The van der Waals surface area contributed by atoms with Crippen molar-refractivity contribution in [3.05, 3.63) is 47.8 Å². The summed E-state index contributed by atoms with van der Waals surface area (Å²) in [5, 5.41) is 1.54. The number of hydrogen-bond acceptors (Lipinski definition) is 0. The van der Waals surface area contributed by atoms with Gasteiger partial charge in [0.1, 0.15) is 5.82 Å². The van der Waals surface area contributed by atoms with E-state index in [2.05, 4.69) is 0 Å². The fraction of sp³-hybridized carbons (Fsp3) is 0.0909. The summed E-state index contributed by atoms with van der Waals surface area (Å²) in [4.78, 5) is 0. The molecule has 0 radical (unpaired) electrons. The highest BCUT2D eigenvalue weighted by Crippen LogP contribution is 2.22. The fourth-order valence-corrected chi connectivity index (χ4v) is 1.70. The minimum atomic E-state index is -0.200. The second-order valence-corrected chi connectivity index (χ2v) is 3.16. The zero-order valence-electron chi connectivity index (χ0n) is 6.93. The van der Waals surface area contributed by atoms with Crippen molar-refractivity contribution in [3.8, 4) is 0 Å². The van der Waals surface area contributed by atoms with Gasteiger partial charge in [-0.1, -0.05) is 30.3 Å². The molecule has 0 amide bonds. The van der Waals surface area contributed by atoms with Crippen molar-refractivity contribution in [3.63, 3.8) is 0 Å². The molecule has 0 nitrogen and oxygen atoms in total. The summed E-state index contributed by atoms with van der Waals surface area (Å²) in [6.07, 6.45) is 0. The Morgan fingerprint density at radius 1 is 1.08 bits per heavy atom. The van der Waals surface area contributed by atoms with Gasteiger partial charge in [-0.2, -0.15) is 0 Å². The van der Waals surface area contributed by atoms with Crippen LogP contribution in [0.2, 0.25) is 0 Å². The number of halogens is 2. The molecule has 66 valence electrons. The first kappa shape index (κ1) is 8.52. The van der Waals surface area contributed by atoms with E-state index in [1.54, 1.807) is 6.07 Å². The van der Waals surface area contributed by atoms with Crippen LogP contribution < -0.4 is 0 Å². The molecule has 0 N–H and O–H groups in total. The molecule has 2 heteroatoms. The van der Waals surface area contributed by atoms with Crippen LogP contribution in [0.1, 0.15) is 5.56 Å². The lowest BCUT2D eigenvalue weighted by Gasteiger charge is -2.03. The number of rotatable bonds is 1. The molecule has 0 aliphatic rings. The minimum absolute atomic E-state index is 0.200. The molecule has 0 unspecified atom stereocenters. The van der Waals surface area contributed by atoms with E-state index in [9.17, 15) is 4.39 Å². The topological polar surface area (TPSA) is 0 Å². The van der Waals surface area contributed by atoms with Gasteiger partial charge in [0.2, 0.25) is 0 Å². The molecule has 13 heavy (non-hydrogen) atoms. The van der Waals surface area contributed by atoms with Crippen LogP contribution in [0.3, 0.4) is 0 Å². The number of alkyl halides is 1. The zero-order chi connectivity index (χ0) is 9.26. The first-order valence-electron chi connectivity index (χ1n) is 4.05. The second kappa shape index (κ2) is 3.35. The predicted molar refractivity (Wildman–Crippen MR) is 53.5 cm³/mol. The van der Waals surface area contributed by atoms with Crippen LogP contribution in [-0.4, -0.2) is 0 Å². The van der Waals surface area contributed by atoms with E-state index >= 15 is 0 Å². The minimum Gasteiger partial charge on any atom is -0.206 e. The monoisotopic (exact) mass is 194 g/mol. The van der Waals surface area contributed by atoms with Crippen molar-refractivity contribution in [2.24, 2.45) is 0 Å².